The number of aryl methyl sites for hydroxylation is 2. The van der Waals surface area contributed by atoms with E-state index in [2.05, 4.69) is 25.1 Å². The van der Waals surface area contributed by atoms with E-state index in [9.17, 15) is 8.42 Å². The van der Waals surface area contributed by atoms with Crippen LogP contribution in [-0.4, -0.2) is 36.5 Å². The van der Waals surface area contributed by atoms with Crippen LogP contribution in [0.15, 0.2) is 42.1 Å². The normalized spacial score (nSPS) is 16.6. The van der Waals surface area contributed by atoms with Crippen molar-refractivity contribution >= 4 is 27.2 Å². The Morgan fingerprint density at radius 2 is 1.57 bits per heavy atom. The zero-order valence-corrected chi connectivity index (χ0v) is 22.6. The third kappa shape index (κ3) is 6.75. The van der Waals surface area contributed by atoms with Crippen molar-refractivity contribution in [3.8, 4) is 0 Å². The number of pyridine rings is 1. The number of unbranched alkanes of at least 4 members (excludes halogenated alkanes) is 7. The quantitative estimate of drug-likeness (QED) is 0.315. The lowest BCUT2D eigenvalue weighted by atomic mass is 9.89. The molecule has 0 saturated carbocycles. The number of fused-ring (bicyclic) bond motifs is 2. The lowest BCUT2D eigenvalue weighted by Crippen LogP contribution is -2.38. The Hall–Kier alpha value is -1.69. The van der Waals surface area contributed by atoms with Crippen molar-refractivity contribution in [2.24, 2.45) is 0 Å². The zero-order valence-electron chi connectivity index (χ0n) is 21.1. The molecular formula is C29H39ClN2O2S. The lowest BCUT2D eigenvalue weighted by Gasteiger charge is -2.29. The Morgan fingerprint density at radius 1 is 0.886 bits per heavy atom. The second-order valence-corrected chi connectivity index (χ2v) is 12.5. The molecule has 4 rings (SSSR count). The smallest absolute Gasteiger partial charge is 0.214 e. The summed E-state index contributed by atoms with van der Waals surface area (Å²) in [5.74, 6) is 0.277. The van der Waals surface area contributed by atoms with Gasteiger partial charge in [0.15, 0.2) is 0 Å². The molecule has 1 aliphatic carbocycles. The maximum absolute atomic E-state index is 13.0. The van der Waals surface area contributed by atoms with E-state index in [1.54, 1.807) is 4.31 Å². The Labute approximate surface area is 216 Å². The van der Waals surface area contributed by atoms with Crippen LogP contribution in [0.25, 0.3) is 5.57 Å². The van der Waals surface area contributed by atoms with E-state index in [1.165, 1.54) is 59.9 Å². The monoisotopic (exact) mass is 514 g/mol. The zero-order chi connectivity index (χ0) is 24.7. The Bertz CT molecular complexity index is 1130. The predicted molar refractivity (Wildman–Crippen MR) is 146 cm³/mol. The molecule has 4 nitrogen and oxygen atoms in total. The Kier molecular flexibility index (Phi) is 9.43. The summed E-state index contributed by atoms with van der Waals surface area (Å²) in [6.07, 6.45) is 14.5. The van der Waals surface area contributed by atoms with Crippen LogP contribution in [0.5, 0.6) is 0 Å². The second kappa shape index (κ2) is 12.5. The van der Waals surface area contributed by atoms with Gasteiger partial charge in [0.05, 0.1) is 11.4 Å². The molecule has 0 radical (unpaired) electrons. The predicted octanol–water partition coefficient (Wildman–Crippen LogP) is 7.20. The molecule has 0 atom stereocenters. The van der Waals surface area contributed by atoms with Crippen molar-refractivity contribution in [3.63, 3.8) is 0 Å². The maximum Gasteiger partial charge on any atom is 0.214 e. The van der Waals surface area contributed by atoms with E-state index in [0.717, 1.165) is 55.7 Å². The first-order valence-electron chi connectivity index (χ1n) is 13.4. The second-order valence-electron chi connectivity index (χ2n) is 9.98. The highest BCUT2D eigenvalue weighted by Gasteiger charge is 2.29. The van der Waals surface area contributed by atoms with E-state index in [4.69, 9.17) is 16.6 Å². The van der Waals surface area contributed by atoms with Gasteiger partial charge in [0.1, 0.15) is 0 Å². The maximum atomic E-state index is 13.0. The minimum atomic E-state index is -3.20. The topological polar surface area (TPSA) is 50.3 Å². The molecule has 1 aliphatic heterocycles. The van der Waals surface area contributed by atoms with E-state index in [1.807, 2.05) is 18.3 Å². The fraction of sp³-hybridized carbons (Fsp3) is 0.552. The fourth-order valence-corrected chi connectivity index (χ4v) is 7.23. The number of halogens is 1. The van der Waals surface area contributed by atoms with Crippen LogP contribution in [0, 0.1) is 0 Å². The number of hydrogen-bond donors (Lipinski definition) is 0. The van der Waals surface area contributed by atoms with E-state index in [-0.39, 0.29) is 5.75 Å². The molecule has 6 heteroatoms. The molecule has 35 heavy (non-hydrogen) atoms. The molecule has 1 aromatic heterocycles. The highest BCUT2D eigenvalue weighted by molar-refractivity contribution is 7.89. The molecule has 1 fully saturated rings. The highest BCUT2D eigenvalue weighted by Crippen LogP contribution is 2.38. The lowest BCUT2D eigenvalue weighted by molar-refractivity contribution is 0.386. The average molecular weight is 515 g/mol. The third-order valence-corrected chi connectivity index (χ3v) is 9.65. The summed E-state index contributed by atoms with van der Waals surface area (Å²) >= 11 is 6.33. The third-order valence-electron chi connectivity index (χ3n) is 7.46. The van der Waals surface area contributed by atoms with Crippen LogP contribution >= 0.6 is 11.6 Å². The average Bonchev–Trinajstić information content (AvgIpc) is 3.02. The molecule has 0 unspecified atom stereocenters. The van der Waals surface area contributed by atoms with Crippen molar-refractivity contribution in [1.29, 1.82) is 0 Å². The molecule has 0 spiro atoms. The molecule has 1 saturated heterocycles. The summed E-state index contributed by atoms with van der Waals surface area (Å²) in [7, 11) is -3.20. The number of sulfonamides is 1. The van der Waals surface area contributed by atoms with Crippen molar-refractivity contribution < 1.29 is 8.42 Å². The van der Waals surface area contributed by atoms with E-state index in [0.29, 0.717) is 13.1 Å². The standard InChI is InChI=1S/C29H39ClN2O2S/c1-2-3-4-5-6-7-8-9-21-35(33,34)32-19-16-23(17-20-32)28-27-15-14-26(30)22-25(27)13-12-24-11-10-18-31-29(24)28/h10-11,14-15,18,22H,2-9,12-13,16-17,19-21H2,1H3. The van der Waals surface area contributed by atoms with Gasteiger partial charge in [-0.1, -0.05) is 81.2 Å². The summed E-state index contributed by atoms with van der Waals surface area (Å²) in [6.45, 7) is 3.35. The number of aromatic nitrogens is 1. The minimum Gasteiger partial charge on any atom is -0.256 e. The largest absolute Gasteiger partial charge is 0.256 e. The molecule has 0 bridgehead atoms. The number of hydrogen-bond acceptors (Lipinski definition) is 3. The van der Waals surface area contributed by atoms with Gasteiger partial charge in [-0.3, -0.25) is 4.98 Å². The summed E-state index contributed by atoms with van der Waals surface area (Å²) < 4.78 is 27.7. The van der Waals surface area contributed by atoms with Crippen LogP contribution in [0.1, 0.15) is 93.5 Å². The van der Waals surface area contributed by atoms with Crippen LogP contribution in [-0.2, 0) is 22.9 Å². The summed E-state index contributed by atoms with van der Waals surface area (Å²) in [4.78, 5) is 4.78. The van der Waals surface area contributed by atoms with Crippen molar-refractivity contribution in [2.75, 3.05) is 18.8 Å². The summed E-state index contributed by atoms with van der Waals surface area (Å²) in [5.41, 5.74) is 7.28. The van der Waals surface area contributed by atoms with Gasteiger partial charge in [-0.2, -0.15) is 0 Å². The van der Waals surface area contributed by atoms with Crippen molar-refractivity contribution in [2.45, 2.75) is 84.0 Å². The van der Waals surface area contributed by atoms with Gasteiger partial charge < -0.3 is 0 Å². The first-order chi connectivity index (χ1) is 17.0. The van der Waals surface area contributed by atoms with Gasteiger partial charge in [-0.05, 0) is 67.0 Å². The van der Waals surface area contributed by atoms with Crippen molar-refractivity contribution in [1.82, 2.24) is 9.29 Å². The molecule has 0 N–H and O–H groups in total. The SMILES string of the molecule is CCCCCCCCCCS(=O)(=O)N1CCC(=C2c3ccc(Cl)cc3CCc3cccnc32)CC1. The van der Waals surface area contributed by atoms with Gasteiger partial charge in [-0.25, -0.2) is 12.7 Å². The minimum absolute atomic E-state index is 0.277. The fourth-order valence-electron chi connectivity index (χ4n) is 5.46. The molecule has 2 heterocycles. The van der Waals surface area contributed by atoms with Gasteiger partial charge in [-0.15, -0.1) is 0 Å². The number of benzene rings is 1. The Morgan fingerprint density at radius 3 is 2.31 bits per heavy atom. The Balaban J connectivity index is 1.42. The number of rotatable bonds is 10. The van der Waals surface area contributed by atoms with Crippen LogP contribution in [0.3, 0.4) is 0 Å². The first kappa shape index (κ1) is 26.4. The summed E-state index contributed by atoms with van der Waals surface area (Å²) in [6, 6.07) is 10.3. The molecule has 2 aliphatic rings. The van der Waals surface area contributed by atoms with E-state index < -0.39 is 10.0 Å². The van der Waals surface area contributed by atoms with Crippen LogP contribution in [0.2, 0.25) is 5.02 Å². The molecule has 190 valence electrons. The highest BCUT2D eigenvalue weighted by atomic mass is 35.5. The van der Waals surface area contributed by atoms with Crippen LogP contribution in [0.4, 0.5) is 0 Å². The van der Waals surface area contributed by atoms with E-state index >= 15 is 0 Å². The van der Waals surface area contributed by atoms with Gasteiger partial charge in [0.2, 0.25) is 10.0 Å². The van der Waals surface area contributed by atoms with Gasteiger partial charge >= 0.3 is 0 Å². The van der Waals surface area contributed by atoms with Crippen LogP contribution < -0.4 is 0 Å². The summed E-state index contributed by atoms with van der Waals surface area (Å²) in [5, 5.41) is 0.758. The van der Waals surface area contributed by atoms with Crippen molar-refractivity contribution in [3.05, 3.63) is 69.5 Å². The molecule has 2 aromatic rings. The van der Waals surface area contributed by atoms with Gasteiger partial charge in [0.25, 0.3) is 0 Å². The first-order valence-corrected chi connectivity index (χ1v) is 15.4. The number of nitrogens with zero attached hydrogens (tertiary/aromatic N) is 2. The molecular weight excluding hydrogens is 476 g/mol. The van der Waals surface area contributed by atoms with Gasteiger partial charge in [0, 0.05) is 29.9 Å². The number of piperidine rings is 1. The molecule has 0 amide bonds. The molecule has 1 aromatic carbocycles.